The predicted octanol–water partition coefficient (Wildman–Crippen LogP) is 1.28. The highest BCUT2D eigenvalue weighted by molar-refractivity contribution is 6.58. The zero-order valence-corrected chi connectivity index (χ0v) is 7.98. The van der Waals surface area contributed by atoms with Crippen LogP contribution in [0.3, 0.4) is 0 Å². The molecule has 3 nitrogen and oxygen atoms in total. The van der Waals surface area contributed by atoms with Gasteiger partial charge in [0, 0.05) is 26.1 Å². The van der Waals surface area contributed by atoms with Crippen LogP contribution < -0.4 is 0 Å². The third-order valence-corrected chi connectivity index (χ3v) is 3.72. The number of rotatable bonds is 5. The SMILES string of the molecule is CO[Si]([O])(CCCCl)OC. The minimum absolute atomic E-state index is 0.420. The summed E-state index contributed by atoms with van der Waals surface area (Å²) < 4.78 is 9.38. The van der Waals surface area contributed by atoms with Gasteiger partial charge in [-0.2, -0.15) is 0 Å². The second-order valence-corrected chi connectivity index (χ2v) is 4.94. The van der Waals surface area contributed by atoms with Gasteiger partial charge in [-0.15, -0.1) is 11.6 Å². The van der Waals surface area contributed by atoms with Crippen molar-refractivity contribution in [2.24, 2.45) is 0 Å². The Morgan fingerprint density at radius 1 is 1.40 bits per heavy atom. The molecule has 61 valence electrons. The lowest BCUT2D eigenvalue weighted by Crippen LogP contribution is -2.38. The Morgan fingerprint density at radius 2 is 1.90 bits per heavy atom. The van der Waals surface area contributed by atoms with Crippen molar-refractivity contribution in [1.29, 1.82) is 0 Å². The van der Waals surface area contributed by atoms with E-state index in [0.29, 0.717) is 18.3 Å². The number of halogens is 1. The normalized spacial score (nSPS) is 12.0. The Labute approximate surface area is 67.3 Å². The van der Waals surface area contributed by atoms with Crippen molar-refractivity contribution in [2.45, 2.75) is 12.5 Å². The van der Waals surface area contributed by atoms with E-state index in [1.165, 1.54) is 14.2 Å². The summed E-state index contributed by atoms with van der Waals surface area (Å²) >= 11 is 5.39. The Balaban J connectivity index is 3.58. The van der Waals surface area contributed by atoms with Gasteiger partial charge in [-0.1, -0.05) is 0 Å². The molecule has 0 rings (SSSR count). The van der Waals surface area contributed by atoms with Crippen molar-refractivity contribution in [1.82, 2.24) is 0 Å². The van der Waals surface area contributed by atoms with Crippen LogP contribution in [-0.4, -0.2) is 28.9 Å². The molecule has 1 radical (unpaired) electrons. The summed E-state index contributed by atoms with van der Waals surface area (Å²) in [6.07, 6.45) is 0.666. The van der Waals surface area contributed by atoms with Crippen LogP contribution in [0.2, 0.25) is 6.04 Å². The summed E-state index contributed by atoms with van der Waals surface area (Å²) in [6, 6.07) is 0.420. The van der Waals surface area contributed by atoms with Crippen molar-refractivity contribution in [2.75, 3.05) is 20.1 Å². The van der Waals surface area contributed by atoms with Gasteiger partial charge in [0.05, 0.1) is 0 Å². The summed E-state index contributed by atoms with van der Waals surface area (Å²) in [7, 11) is -0.281. The van der Waals surface area contributed by atoms with Crippen LogP contribution in [0.5, 0.6) is 0 Å². The van der Waals surface area contributed by atoms with Crippen molar-refractivity contribution >= 4 is 20.4 Å². The zero-order chi connectivity index (χ0) is 8.04. The standard InChI is InChI=1S/C5H12ClO3Si/c1-8-10(7,9-2)5-3-4-6/h3-5H2,1-2H3. The van der Waals surface area contributed by atoms with Crippen molar-refractivity contribution in [3.8, 4) is 0 Å². The van der Waals surface area contributed by atoms with Gasteiger partial charge in [0.25, 0.3) is 0 Å². The van der Waals surface area contributed by atoms with Crippen LogP contribution in [0.4, 0.5) is 0 Å². The maximum absolute atomic E-state index is 11.2. The van der Waals surface area contributed by atoms with Crippen LogP contribution in [0.1, 0.15) is 6.42 Å². The summed E-state index contributed by atoms with van der Waals surface area (Å²) in [5, 5.41) is 0. The van der Waals surface area contributed by atoms with E-state index < -0.39 is 8.80 Å². The Morgan fingerprint density at radius 3 is 2.20 bits per heavy atom. The van der Waals surface area contributed by atoms with E-state index in [1.54, 1.807) is 0 Å². The highest BCUT2D eigenvalue weighted by Gasteiger charge is 2.35. The molecule has 0 saturated carbocycles. The Kier molecular flexibility index (Phi) is 5.29. The first kappa shape index (κ1) is 10.4. The molecule has 0 unspecified atom stereocenters. The molecule has 0 bridgehead atoms. The molecule has 0 aromatic rings. The molecule has 0 aromatic carbocycles. The first-order valence-corrected chi connectivity index (χ1v) is 5.52. The van der Waals surface area contributed by atoms with Crippen LogP contribution in [-0.2, 0) is 13.6 Å². The Hall–Kier alpha value is 0.387. The van der Waals surface area contributed by atoms with E-state index in [9.17, 15) is 4.80 Å². The number of alkyl halides is 1. The lowest BCUT2D eigenvalue weighted by atomic mass is 10.6. The minimum Gasteiger partial charge on any atom is -0.376 e. The lowest BCUT2D eigenvalue weighted by molar-refractivity contribution is 0.118. The molecular formula is C5H12ClO3Si. The molecule has 5 heteroatoms. The molecule has 0 heterocycles. The molecule has 0 aliphatic rings. The lowest BCUT2D eigenvalue weighted by Gasteiger charge is -2.16. The molecule has 0 fully saturated rings. The van der Waals surface area contributed by atoms with Gasteiger partial charge < -0.3 is 8.85 Å². The van der Waals surface area contributed by atoms with E-state index >= 15 is 0 Å². The van der Waals surface area contributed by atoms with Gasteiger partial charge in [0.2, 0.25) is 0 Å². The second-order valence-electron chi connectivity index (χ2n) is 1.88. The van der Waals surface area contributed by atoms with E-state index in [0.717, 1.165) is 0 Å². The number of hydrogen-bond donors (Lipinski definition) is 0. The molecule has 0 saturated heterocycles. The third kappa shape index (κ3) is 3.53. The van der Waals surface area contributed by atoms with E-state index in [-0.39, 0.29) is 0 Å². The quantitative estimate of drug-likeness (QED) is 0.476. The van der Waals surface area contributed by atoms with Crippen LogP contribution >= 0.6 is 11.6 Å². The molecule has 10 heavy (non-hydrogen) atoms. The van der Waals surface area contributed by atoms with E-state index in [4.69, 9.17) is 20.5 Å². The highest BCUT2D eigenvalue weighted by atomic mass is 35.5. The minimum atomic E-state index is -3.05. The fraction of sp³-hybridized carbons (Fsp3) is 1.00. The van der Waals surface area contributed by atoms with Crippen molar-refractivity contribution < 1.29 is 13.6 Å². The van der Waals surface area contributed by atoms with Gasteiger partial charge >= 0.3 is 8.80 Å². The van der Waals surface area contributed by atoms with Gasteiger partial charge in [-0.05, 0) is 6.42 Å². The summed E-state index contributed by atoms with van der Waals surface area (Å²) in [5.74, 6) is 0.490. The molecule has 0 aliphatic heterocycles. The third-order valence-electron chi connectivity index (χ3n) is 1.24. The molecular weight excluding hydrogens is 172 g/mol. The number of hydrogen-bond acceptors (Lipinski definition) is 2. The predicted molar refractivity (Wildman–Crippen MR) is 40.6 cm³/mol. The first-order chi connectivity index (χ1) is 4.68. The van der Waals surface area contributed by atoms with Crippen molar-refractivity contribution in [3.63, 3.8) is 0 Å². The summed E-state index contributed by atoms with van der Waals surface area (Å²) in [6.45, 7) is 0. The maximum Gasteiger partial charge on any atom is 0.528 e. The van der Waals surface area contributed by atoms with Crippen LogP contribution in [0.15, 0.2) is 0 Å². The fourth-order valence-corrected chi connectivity index (χ4v) is 2.11. The Bertz CT molecular complexity index is 87.0. The van der Waals surface area contributed by atoms with Crippen LogP contribution in [0.25, 0.3) is 0 Å². The summed E-state index contributed by atoms with van der Waals surface area (Å²) in [5.41, 5.74) is 0. The van der Waals surface area contributed by atoms with E-state index in [2.05, 4.69) is 0 Å². The van der Waals surface area contributed by atoms with Gasteiger partial charge in [0.15, 0.2) is 0 Å². The molecule has 0 N–H and O–H groups in total. The molecule has 0 aliphatic carbocycles. The molecule has 0 amide bonds. The van der Waals surface area contributed by atoms with Gasteiger partial charge in [-0.3, -0.25) is 0 Å². The fourth-order valence-electron chi connectivity index (χ4n) is 0.571. The summed E-state index contributed by atoms with van der Waals surface area (Å²) in [4.78, 5) is 11.2. The average molecular weight is 184 g/mol. The zero-order valence-electron chi connectivity index (χ0n) is 6.22. The largest absolute Gasteiger partial charge is 0.528 e. The second kappa shape index (κ2) is 5.09. The van der Waals surface area contributed by atoms with Gasteiger partial charge in [-0.25, -0.2) is 4.80 Å². The van der Waals surface area contributed by atoms with E-state index in [1.807, 2.05) is 0 Å². The van der Waals surface area contributed by atoms with Gasteiger partial charge in [0.1, 0.15) is 0 Å². The van der Waals surface area contributed by atoms with Crippen molar-refractivity contribution in [3.05, 3.63) is 0 Å². The highest BCUT2D eigenvalue weighted by Crippen LogP contribution is 2.11. The topological polar surface area (TPSA) is 38.4 Å². The molecule has 0 aromatic heterocycles. The van der Waals surface area contributed by atoms with Crippen LogP contribution in [0, 0.1) is 0 Å². The smallest absolute Gasteiger partial charge is 0.376 e. The monoisotopic (exact) mass is 183 g/mol. The molecule has 0 atom stereocenters. The first-order valence-electron chi connectivity index (χ1n) is 3.05. The maximum atomic E-state index is 11.2. The average Bonchev–Trinajstić information content (AvgIpc) is 2.00. The molecule has 0 spiro atoms.